The van der Waals surface area contributed by atoms with E-state index in [-0.39, 0.29) is 23.8 Å². The van der Waals surface area contributed by atoms with E-state index in [1.165, 1.54) is 5.56 Å². The van der Waals surface area contributed by atoms with E-state index in [1.54, 1.807) is 24.3 Å². The first-order valence-electron chi connectivity index (χ1n) is 11.2. The molecule has 0 radical (unpaired) electrons. The first-order chi connectivity index (χ1) is 15.7. The number of anilines is 2. The first-order valence-corrected chi connectivity index (χ1v) is 11.2. The average molecular weight is 445 g/mol. The Kier molecular flexibility index (Phi) is 7.54. The molecule has 5 heteroatoms. The minimum atomic E-state index is -0.334. The van der Waals surface area contributed by atoms with Crippen molar-refractivity contribution in [3.8, 4) is 5.75 Å². The van der Waals surface area contributed by atoms with Gasteiger partial charge in [0.2, 0.25) is 0 Å². The van der Waals surface area contributed by atoms with Gasteiger partial charge in [0.05, 0.1) is 11.3 Å². The minimum absolute atomic E-state index is 0.0947. The van der Waals surface area contributed by atoms with Crippen LogP contribution in [0.2, 0.25) is 0 Å². The summed E-state index contributed by atoms with van der Waals surface area (Å²) in [4.78, 5) is 25.3. The number of aryl methyl sites for hydroxylation is 2. The van der Waals surface area contributed by atoms with E-state index in [0.717, 1.165) is 17.5 Å². The third kappa shape index (κ3) is 6.22. The lowest BCUT2D eigenvalue weighted by Crippen LogP contribution is -2.23. The van der Waals surface area contributed by atoms with Crippen LogP contribution < -0.4 is 15.4 Å². The molecule has 3 aromatic carbocycles. The minimum Gasteiger partial charge on any atom is -0.484 e. The van der Waals surface area contributed by atoms with E-state index in [0.29, 0.717) is 22.7 Å². The lowest BCUT2D eigenvalue weighted by Gasteiger charge is -2.23. The van der Waals surface area contributed by atoms with E-state index in [1.807, 2.05) is 56.3 Å². The van der Waals surface area contributed by atoms with Crippen LogP contribution in [0.25, 0.3) is 0 Å². The van der Waals surface area contributed by atoms with Gasteiger partial charge in [-0.2, -0.15) is 0 Å². The highest BCUT2D eigenvalue weighted by Crippen LogP contribution is 2.28. The molecule has 0 saturated heterocycles. The van der Waals surface area contributed by atoms with Gasteiger partial charge in [-0.05, 0) is 78.8 Å². The molecule has 2 amide bonds. The summed E-state index contributed by atoms with van der Waals surface area (Å²) in [5.41, 5.74) is 5.11. The molecule has 0 fully saturated rings. The number of benzene rings is 3. The van der Waals surface area contributed by atoms with Crippen molar-refractivity contribution in [2.45, 2.75) is 46.5 Å². The molecule has 33 heavy (non-hydrogen) atoms. The monoisotopic (exact) mass is 444 g/mol. The number of carbonyl (C=O) groups excluding carboxylic acids is 2. The molecule has 172 valence electrons. The second-order valence-electron chi connectivity index (χ2n) is 8.90. The van der Waals surface area contributed by atoms with E-state index in [2.05, 4.69) is 31.4 Å². The van der Waals surface area contributed by atoms with Crippen molar-refractivity contribution in [1.29, 1.82) is 0 Å². The van der Waals surface area contributed by atoms with Crippen molar-refractivity contribution in [1.82, 2.24) is 0 Å². The number of para-hydroxylation sites is 1. The quantitative estimate of drug-likeness (QED) is 0.431. The molecule has 0 aromatic heterocycles. The van der Waals surface area contributed by atoms with E-state index < -0.39 is 0 Å². The summed E-state index contributed by atoms with van der Waals surface area (Å²) in [5, 5.41) is 5.69. The highest BCUT2D eigenvalue weighted by atomic mass is 16.5. The van der Waals surface area contributed by atoms with Crippen molar-refractivity contribution >= 4 is 23.2 Å². The molecule has 0 aliphatic rings. The molecule has 0 saturated carbocycles. The molecule has 0 unspecified atom stereocenters. The number of hydrogen-bond donors (Lipinski definition) is 2. The lowest BCUT2D eigenvalue weighted by atomic mass is 9.82. The Bertz CT molecular complexity index is 1130. The lowest BCUT2D eigenvalue weighted by molar-refractivity contribution is -0.118. The fourth-order valence-electron chi connectivity index (χ4n) is 3.35. The Morgan fingerprint density at radius 3 is 2.24 bits per heavy atom. The maximum absolute atomic E-state index is 12.8. The van der Waals surface area contributed by atoms with Crippen LogP contribution in [0, 0.1) is 13.8 Å². The predicted molar refractivity (Wildman–Crippen MR) is 134 cm³/mol. The summed E-state index contributed by atoms with van der Waals surface area (Å²) in [6, 6.07) is 20.5. The maximum atomic E-state index is 12.8. The first kappa shape index (κ1) is 24.1. The van der Waals surface area contributed by atoms with Crippen LogP contribution in [-0.2, 0) is 10.2 Å². The van der Waals surface area contributed by atoms with Gasteiger partial charge >= 0.3 is 0 Å². The van der Waals surface area contributed by atoms with Gasteiger partial charge in [-0.25, -0.2) is 0 Å². The Labute approximate surface area is 196 Å². The molecule has 0 aliphatic heterocycles. The van der Waals surface area contributed by atoms with Crippen molar-refractivity contribution in [3.63, 3.8) is 0 Å². The summed E-state index contributed by atoms with van der Waals surface area (Å²) >= 11 is 0. The molecule has 2 N–H and O–H groups in total. The highest BCUT2D eigenvalue weighted by molar-refractivity contribution is 6.10. The van der Waals surface area contributed by atoms with Crippen LogP contribution >= 0.6 is 0 Å². The number of ether oxygens (including phenoxy) is 1. The fourth-order valence-corrected chi connectivity index (χ4v) is 3.35. The van der Waals surface area contributed by atoms with E-state index in [9.17, 15) is 9.59 Å². The van der Waals surface area contributed by atoms with Gasteiger partial charge < -0.3 is 15.4 Å². The molecule has 5 nitrogen and oxygen atoms in total. The van der Waals surface area contributed by atoms with Gasteiger partial charge in [-0.1, -0.05) is 51.1 Å². The van der Waals surface area contributed by atoms with Gasteiger partial charge in [-0.3, -0.25) is 9.59 Å². The molecule has 0 spiro atoms. The smallest absolute Gasteiger partial charge is 0.262 e. The molecular weight excluding hydrogens is 412 g/mol. The van der Waals surface area contributed by atoms with Crippen LogP contribution in [0.15, 0.2) is 66.7 Å². The summed E-state index contributed by atoms with van der Waals surface area (Å²) in [6.45, 7) is 10.4. The topological polar surface area (TPSA) is 67.4 Å². The normalized spacial score (nSPS) is 11.1. The zero-order valence-corrected chi connectivity index (χ0v) is 20.0. The molecule has 0 heterocycles. The molecule has 3 aromatic rings. The molecule has 0 atom stereocenters. The van der Waals surface area contributed by atoms with Crippen LogP contribution in [0.3, 0.4) is 0 Å². The van der Waals surface area contributed by atoms with Gasteiger partial charge in [0.15, 0.2) is 6.61 Å². The molecule has 0 bridgehead atoms. The molecule has 3 rings (SSSR count). The second kappa shape index (κ2) is 10.3. The predicted octanol–water partition coefficient (Wildman–Crippen LogP) is 6.26. The zero-order chi connectivity index (χ0) is 24.0. The highest BCUT2D eigenvalue weighted by Gasteiger charge is 2.18. The summed E-state index contributed by atoms with van der Waals surface area (Å²) in [6.07, 6.45) is 1.03. The SMILES string of the molecule is CCC(C)(C)c1ccc(OCC(=O)Nc2ccccc2C(=O)Nc2ccc(C)c(C)c2)cc1. The van der Waals surface area contributed by atoms with Gasteiger partial charge in [0.25, 0.3) is 11.8 Å². The summed E-state index contributed by atoms with van der Waals surface area (Å²) < 4.78 is 5.65. The van der Waals surface area contributed by atoms with Crippen LogP contribution in [0.5, 0.6) is 5.75 Å². The van der Waals surface area contributed by atoms with E-state index >= 15 is 0 Å². The van der Waals surface area contributed by atoms with Gasteiger partial charge in [0, 0.05) is 5.69 Å². The molecular formula is C28H32N2O3. The third-order valence-electron chi connectivity index (χ3n) is 6.10. The third-order valence-corrected chi connectivity index (χ3v) is 6.10. The Morgan fingerprint density at radius 1 is 0.879 bits per heavy atom. The number of hydrogen-bond acceptors (Lipinski definition) is 3. The number of amides is 2. The van der Waals surface area contributed by atoms with Crippen LogP contribution in [-0.4, -0.2) is 18.4 Å². The van der Waals surface area contributed by atoms with Crippen molar-refractivity contribution in [3.05, 3.63) is 89.0 Å². The number of carbonyl (C=O) groups is 2. The van der Waals surface area contributed by atoms with Crippen LogP contribution in [0.4, 0.5) is 11.4 Å². The summed E-state index contributed by atoms with van der Waals surface area (Å²) in [5.74, 6) is 0.00478. The standard InChI is InChI=1S/C28H32N2O3/c1-6-28(4,5)21-12-15-23(16-13-21)33-18-26(31)30-25-10-8-7-9-24(25)27(32)29-22-14-11-19(2)20(3)17-22/h7-17H,6,18H2,1-5H3,(H,29,32)(H,30,31). The van der Waals surface area contributed by atoms with Crippen molar-refractivity contribution in [2.24, 2.45) is 0 Å². The Balaban J connectivity index is 1.62. The Morgan fingerprint density at radius 2 is 1.58 bits per heavy atom. The van der Waals surface area contributed by atoms with Crippen molar-refractivity contribution < 1.29 is 14.3 Å². The largest absolute Gasteiger partial charge is 0.484 e. The number of rotatable bonds is 8. The maximum Gasteiger partial charge on any atom is 0.262 e. The second-order valence-corrected chi connectivity index (χ2v) is 8.90. The number of nitrogens with one attached hydrogen (secondary N) is 2. The molecule has 0 aliphatic carbocycles. The Hall–Kier alpha value is -3.60. The zero-order valence-electron chi connectivity index (χ0n) is 20.0. The van der Waals surface area contributed by atoms with Gasteiger partial charge in [0.1, 0.15) is 5.75 Å². The summed E-state index contributed by atoms with van der Waals surface area (Å²) in [7, 11) is 0. The fraction of sp³-hybridized carbons (Fsp3) is 0.286. The average Bonchev–Trinajstić information content (AvgIpc) is 2.80. The van der Waals surface area contributed by atoms with Crippen molar-refractivity contribution in [2.75, 3.05) is 17.2 Å². The van der Waals surface area contributed by atoms with E-state index in [4.69, 9.17) is 4.74 Å². The van der Waals surface area contributed by atoms with Gasteiger partial charge in [-0.15, -0.1) is 0 Å². The van der Waals surface area contributed by atoms with Crippen LogP contribution in [0.1, 0.15) is 54.2 Å².